The zero-order valence-corrected chi connectivity index (χ0v) is 16.0. The van der Waals surface area contributed by atoms with Crippen LogP contribution < -0.4 is 0 Å². The molecule has 0 bridgehead atoms. The van der Waals surface area contributed by atoms with E-state index in [9.17, 15) is 9.90 Å². The lowest BCUT2D eigenvalue weighted by Gasteiger charge is -2.25. The summed E-state index contributed by atoms with van der Waals surface area (Å²) in [5.41, 5.74) is 1.36. The molecule has 140 valence electrons. The molecule has 2 aromatic rings. The topological polar surface area (TPSA) is 79.2 Å². The van der Waals surface area contributed by atoms with E-state index in [2.05, 4.69) is 35.7 Å². The van der Waals surface area contributed by atoms with Crippen LogP contribution in [0.2, 0.25) is 0 Å². The van der Waals surface area contributed by atoms with Crippen molar-refractivity contribution >= 4 is 5.91 Å². The number of carbonyl (C=O) groups excluding carboxylic acids is 1. The average molecular weight is 356 g/mol. The summed E-state index contributed by atoms with van der Waals surface area (Å²) in [6.45, 7) is 9.01. The number of rotatable bonds is 7. The van der Waals surface area contributed by atoms with Gasteiger partial charge in [0.1, 0.15) is 5.82 Å². The monoisotopic (exact) mass is 356 g/mol. The number of amides is 1. The molecule has 0 spiro atoms. The van der Waals surface area contributed by atoms with E-state index in [0.717, 1.165) is 17.8 Å². The number of aliphatic hydroxyl groups is 1. The molecular formula is C20H28N4O2. The average Bonchev–Trinajstić information content (AvgIpc) is 2.61. The van der Waals surface area contributed by atoms with Crippen molar-refractivity contribution in [2.24, 2.45) is 0 Å². The molecule has 0 aromatic carbocycles. The van der Waals surface area contributed by atoms with Crippen molar-refractivity contribution < 1.29 is 9.90 Å². The Morgan fingerprint density at radius 1 is 1.23 bits per heavy atom. The summed E-state index contributed by atoms with van der Waals surface area (Å²) in [7, 11) is 0. The molecule has 0 unspecified atom stereocenters. The highest BCUT2D eigenvalue weighted by Gasteiger charge is 2.20. The van der Waals surface area contributed by atoms with E-state index in [1.54, 1.807) is 35.8 Å². The first kappa shape index (κ1) is 20.0. The maximum Gasteiger partial charge on any atom is 0.227 e. The second kappa shape index (κ2) is 8.85. The van der Waals surface area contributed by atoms with Crippen molar-refractivity contribution in [3.8, 4) is 0 Å². The lowest BCUT2D eigenvalue weighted by molar-refractivity contribution is -0.132. The van der Waals surface area contributed by atoms with Gasteiger partial charge < -0.3 is 10.0 Å². The summed E-state index contributed by atoms with van der Waals surface area (Å²) in [6.07, 6.45) is 7.01. The van der Waals surface area contributed by atoms with E-state index in [1.165, 1.54) is 0 Å². The number of aromatic nitrogens is 3. The SMILES string of the molecule is CCCN(C[C@@H](O)c1cccnc1)C(=O)Cc1cnc(C(C)(C)C)nc1. The van der Waals surface area contributed by atoms with Gasteiger partial charge in [0.2, 0.25) is 5.91 Å². The van der Waals surface area contributed by atoms with Crippen molar-refractivity contribution in [2.75, 3.05) is 13.1 Å². The Morgan fingerprint density at radius 2 is 1.92 bits per heavy atom. The van der Waals surface area contributed by atoms with Crippen LogP contribution in [0.5, 0.6) is 0 Å². The molecule has 2 rings (SSSR count). The van der Waals surface area contributed by atoms with Crippen LogP contribution in [-0.2, 0) is 16.6 Å². The number of nitrogens with zero attached hydrogens (tertiary/aromatic N) is 4. The second-order valence-corrected chi connectivity index (χ2v) is 7.48. The highest BCUT2D eigenvalue weighted by atomic mass is 16.3. The zero-order chi connectivity index (χ0) is 19.2. The fourth-order valence-corrected chi connectivity index (χ4v) is 2.59. The lowest BCUT2D eigenvalue weighted by Crippen LogP contribution is -2.36. The molecule has 2 heterocycles. The second-order valence-electron chi connectivity index (χ2n) is 7.48. The van der Waals surface area contributed by atoms with Crippen LogP contribution in [0.3, 0.4) is 0 Å². The summed E-state index contributed by atoms with van der Waals surface area (Å²) in [4.78, 5) is 27.2. The van der Waals surface area contributed by atoms with Crippen molar-refractivity contribution in [1.29, 1.82) is 0 Å². The quantitative estimate of drug-likeness (QED) is 0.825. The Hall–Kier alpha value is -2.34. The van der Waals surface area contributed by atoms with Gasteiger partial charge >= 0.3 is 0 Å². The van der Waals surface area contributed by atoms with Crippen LogP contribution in [0, 0.1) is 0 Å². The minimum atomic E-state index is -0.751. The summed E-state index contributed by atoms with van der Waals surface area (Å²) < 4.78 is 0. The molecule has 6 heteroatoms. The first-order valence-corrected chi connectivity index (χ1v) is 8.98. The van der Waals surface area contributed by atoms with Crippen molar-refractivity contribution in [3.63, 3.8) is 0 Å². The molecule has 0 aliphatic heterocycles. The predicted octanol–water partition coefficient (Wildman–Crippen LogP) is 2.68. The minimum Gasteiger partial charge on any atom is -0.386 e. The fourth-order valence-electron chi connectivity index (χ4n) is 2.59. The molecule has 0 aliphatic rings. The van der Waals surface area contributed by atoms with E-state index in [0.29, 0.717) is 12.1 Å². The zero-order valence-electron chi connectivity index (χ0n) is 16.0. The van der Waals surface area contributed by atoms with Gasteiger partial charge in [0, 0.05) is 42.3 Å². The highest BCUT2D eigenvalue weighted by molar-refractivity contribution is 5.78. The Kier molecular flexibility index (Phi) is 6.80. The standard InChI is InChI=1S/C20H28N4O2/c1-5-9-24(14-17(25)16-7-6-8-21-13-16)18(26)10-15-11-22-19(23-12-15)20(2,3)4/h6-8,11-13,17,25H,5,9-10,14H2,1-4H3/t17-/m1/s1. The highest BCUT2D eigenvalue weighted by Crippen LogP contribution is 2.18. The Balaban J connectivity index is 2.03. The third kappa shape index (κ3) is 5.59. The predicted molar refractivity (Wildman–Crippen MR) is 101 cm³/mol. The minimum absolute atomic E-state index is 0.0399. The van der Waals surface area contributed by atoms with Crippen molar-refractivity contribution in [3.05, 3.63) is 53.9 Å². The number of aliphatic hydroxyl groups excluding tert-OH is 1. The molecular weight excluding hydrogens is 328 g/mol. The van der Waals surface area contributed by atoms with Crippen molar-refractivity contribution in [2.45, 2.75) is 52.1 Å². The van der Waals surface area contributed by atoms with Crippen LogP contribution in [-0.4, -0.2) is 44.0 Å². The summed E-state index contributed by atoms with van der Waals surface area (Å²) in [5, 5.41) is 10.4. The Morgan fingerprint density at radius 3 is 2.46 bits per heavy atom. The molecule has 0 saturated heterocycles. The normalized spacial score (nSPS) is 12.7. The van der Waals surface area contributed by atoms with Gasteiger partial charge in [0.25, 0.3) is 0 Å². The van der Waals surface area contributed by atoms with E-state index in [1.807, 2.05) is 13.0 Å². The number of hydrogen-bond donors (Lipinski definition) is 1. The molecule has 6 nitrogen and oxygen atoms in total. The van der Waals surface area contributed by atoms with E-state index < -0.39 is 6.10 Å². The van der Waals surface area contributed by atoms with E-state index in [-0.39, 0.29) is 24.3 Å². The maximum atomic E-state index is 12.7. The molecule has 26 heavy (non-hydrogen) atoms. The van der Waals surface area contributed by atoms with E-state index >= 15 is 0 Å². The van der Waals surface area contributed by atoms with Crippen LogP contribution in [0.4, 0.5) is 0 Å². The van der Waals surface area contributed by atoms with Gasteiger partial charge in [-0.1, -0.05) is 33.8 Å². The third-order valence-corrected chi connectivity index (χ3v) is 4.04. The molecule has 0 aliphatic carbocycles. The molecule has 0 fully saturated rings. The van der Waals surface area contributed by atoms with E-state index in [4.69, 9.17) is 0 Å². The first-order chi connectivity index (χ1) is 12.3. The molecule has 1 atom stereocenters. The largest absolute Gasteiger partial charge is 0.386 e. The van der Waals surface area contributed by atoms with Crippen LogP contribution in [0.15, 0.2) is 36.9 Å². The lowest BCUT2D eigenvalue weighted by atomic mass is 9.96. The molecule has 0 saturated carbocycles. The molecule has 2 aromatic heterocycles. The van der Waals surface area contributed by atoms with Crippen molar-refractivity contribution in [1.82, 2.24) is 19.9 Å². The van der Waals surface area contributed by atoms with Gasteiger partial charge in [-0.2, -0.15) is 0 Å². The summed E-state index contributed by atoms with van der Waals surface area (Å²) in [6, 6.07) is 3.59. The van der Waals surface area contributed by atoms with Gasteiger partial charge in [-0.25, -0.2) is 9.97 Å². The number of carbonyl (C=O) groups is 1. The van der Waals surface area contributed by atoms with Crippen LogP contribution >= 0.6 is 0 Å². The molecule has 1 amide bonds. The fraction of sp³-hybridized carbons (Fsp3) is 0.500. The third-order valence-electron chi connectivity index (χ3n) is 4.04. The van der Waals surface area contributed by atoms with Gasteiger partial charge in [-0.15, -0.1) is 0 Å². The van der Waals surface area contributed by atoms with Gasteiger partial charge in [-0.3, -0.25) is 9.78 Å². The van der Waals surface area contributed by atoms with Crippen LogP contribution in [0.25, 0.3) is 0 Å². The van der Waals surface area contributed by atoms with Crippen LogP contribution in [0.1, 0.15) is 57.2 Å². The van der Waals surface area contributed by atoms with Gasteiger partial charge in [0.15, 0.2) is 0 Å². The molecule has 1 N–H and O–H groups in total. The summed E-state index contributed by atoms with van der Waals surface area (Å²) >= 11 is 0. The number of hydrogen-bond acceptors (Lipinski definition) is 5. The Labute approximate surface area is 155 Å². The summed E-state index contributed by atoms with van der Waals surface area (Å²) in [5.74, 6) is 0.716. The first-order valence-electron chi connectivity index (χ1n) is 8.98. The van der Waals surface area contributed by atoms with Gasteiger partial charge in [0.05, 0.1) is 19.1 Å². The molecule has 0 radical (unpaired) electrons. The Bertz CT molecular complexity index is 696. The smallest absolute Gasteiger partial charge is 0.227 e. The number of pyridine rings is 1. The maximum absolute atomic E-state index is 12.7. The van der Waals surface area contributed by atoms with Gasteiger partial charge in [-0.05, 0) is 18.1 Å².